The Kier molecular flexibility index (Phi) is 5.54. The molecule has 0 radical (unpaired) electrons. The number of carbonyl (C=O) groups is 1. The zero-order chi connectivity index (χ0) is 13.7. The molecule has 0 aromatic heterocycles. The van der Waals surface area contributed by atoms with Crippen LogP contribution in [0.15, 0.2) is 0 Å². The second kappa shape index (κ2) is 6.95. The zero-order valence-electron chi connectivity index (χ0n) is 12.0. The van der Waals surface area contributed by atoms with Crippen molar-refractivity contribution < 1.29 is 9.53 Å². The van der Waals surface area contributed by atoms with Crippen LogP contribution in [0, 0.1) is 5.92 Å². The summed E-state index contributed by atoms with van der Waals surface area (Å²) in [5.41, 5.74) is 0. The highest BCUT2D eigenvalue weighted by Gasteiger charge is 2.36. The molecule has 2 aliphatic rings. The van der Waals surface area contributed by atoms with E-state index in [4.69, 9.17) is 4.74 Å². The maximum Gasteiger partial charge on any atom is 0.227 e. The van der Waals surface area contributed by atoms with Gasteiger partial charge in [0.15, 0.2) is 0 Å². The van der Waals surface area contributed by atoms with E-state index in [9.17, 15) is 4.79 Å². The monoisotopic (exact) mass is 286 g/mol. The van der Waals surface area contributed by atoms with E-state index in [2.05, 4.69) is 16.9 Å². The Hall–Kier alpha value is -0.260. The standard InChI is InChI=1S/C14H26N2O2S/c1-15-12-9-18-8-11(12)13(17)16-10-14(19-2)6-4-3-5-7-14/h11-12,15H,3-10H2,1-2H3,(H,16,17). The molecule has 110 valence electrons. The lowest BCUT2D eigenvalue weighted by molar-refractivity contribution is -0.125. The van der Waals surface area contributed by atoms with Crippen LogP contribution >= 0.6 is 11.8 Å². The van der Waals surface area contributed by atoms with Gasteiger partial charge in [-0.15, -0.1) is 0 Å². The number of ether oxygens (including phenoxy) is 1. The topological polar surface area (TPSA) is 50.4 Å². The lowest BCUT2D eigenvalue weighted by atomic mass is 9.88. The van der Waals surface area contributed by atoms with E-state index in [0.717, 1.165) is 6.54 Å². The summed E-state index contributed by atoms with van der Waals surface area (Å²) in [6, 6.07) is 0.164. The number of hydrogen-bond acceptors (Lipinski definition) is 4. The van der Waals surface area contributed by atoms with Crippen LogP contribution in [0.3, 0.4) is 0 Å². The molecule has 19 heavy (non-hydrogen) atoms. The summed E-state index contributed by atoms with van der Waals surface area (Å²) >= 11 is 1.92. The molecule has 1 saturated heterocycles. The first-order valence-corrected chi connectivity index (χ1v) is 8.51. The van der Waals surface area contributed by atoms with Gasteiger partial charge in [-0.25, -0.2) is 0 Å². The molecule has 1 amide bonds. The number of rotatable bonds is 5. The zero-order valence-corrected chi connectivity index (χ0v) is 12.9. The molecule has 2 N–H and O–H groups in total. The van der Waals surface area contributed by atoms with Crippen LogP contribution in [-0.2, 0) is 9.53 Å². The summed E-state index contributed by atoms with van der Waals surface area (Å²) in [7, 11) is 1.89. The predicted octanol–water partition coefficient (Wildman–Crippen LogP) is 1.40. The van der Waals surface area contributed by atoms with Gasteiger partial charge in [-0.1, -0.05) is 19.3 Å². The Morgan fingerprint density at radius 2 is 2.05 bits per heavy atom. The second-order valence-corrected chi connectivity index (χ2v) is 6.98. The maximum atomic E-state index is 12.3. The van der Waals surface area contributed by atoms with Crippen LogP contribution in [0.25, 0.3) is 0 Å². The largest absolute Gasteiger partial charge is 0.379 e. The molecule has 2 unspecified atom stereocenters. The highest BCUT2D eigenvalue weighted by Crippen LogP contribution is 2.38. The van der Waals surface area contributed by atoms with Crippen LogP contribution < -0.4 is 10.6 Å². The molecule has 5 heteroatoms. The molecular weight excluding hydrogens is 260 g/mol. The van der Waals surface area contributed by atoms with Crippen molar-refractivity contribution in [1.29, 1.82) is 0 Å². The van der Waals surface area contributed by atoms with Crippen LogP contribution in [0.5, 0.6) is 0 Å². The third-order valence-electron chi connectivity index (χ3n) is 4.57. The normalized spacial score (nSPS) is 30.2. The average Bonchev–Trinajstić information content (AvgIpc) is 2.94. The van der Waals surface area contributed by atoms with Gasteiger partial charge in [-0.2, -0.15) is 11.8 Å². The smallest absolute Gasteiger partial charge is 0.227 e. The van der Waals surface area contributed by atoms with Crippen LogP contribution in [-0.4, -0.2) is 49.8 Å². The Morgan fingerprint density at radius 3 is 2.68 bits per heavy atom. The van der Waals surface area contributed by atoms with E-state index < -0.39 is 0 Å². The summed E-state index contributed by atoms with van der Waals surface area (Å²) in [6.45, 7) is 1.99. The average molecular weight is 286 g/mol. The number of nitrogens with one attached hydrogen (secondary N) is 2. The second-order valence-electron chi connectivity index (χ2n) is 5.70. The predicted molar refractivity (Wildman–Crippen MR) is 79.5 cm³/mol. The van der Waals surface area contributed by atoms with E-state index in [1.807, 2.05) is 18.8 Å². The van der Waals surface area contributed by atoms with Gasteiger partial charge >= 0.3 is 0 Å². The van der Waals surface area contributed by atoms with Crippen molar-refractivity contribution in [2.75, 3.05) is 33.1 Å². The molecule has 0 aromatic carbocycles. The Morgan fingerprint density at radius 1 is 1.32 bits per heavy atom. The first-order valence-electron chi connectivity index (χ1n) is 7.29. The van der Waals surface area contributed by atoms with Crippen molar-refractivity contribution in [3.63, 3.8) is 0 Å². The van der Waals surface area contributed by atoms with Crippen molar-refractivity contribution in [2.24, 2.45) is 5.92 Å². The lowest BCUT2D eigenvalue weighted by Crippen LogP contribution is -2.47. The fourth-order valence-corrected chi connectivity index (χ4v) is 4.04. The molecule has 0 aromatic rings. The van der Waals surface area contributed by atoms with Gasteiger partial charge < -0.3 is 15.4 Å². The highest BCUT2D eigenvalue weighted by molar-refractivity contribution is 8.00. The highest BCUT2D eigenvalue weighted by atomic mass is 32.2. The van der Waals surface area contributed by atoms with Gasteiger partial charge in [-0.05, 0) is 26.1 Å². The number of carbonyl (C=O) groups excluding carboxylic acids is 1. The number of hydrogen-bond donors (Lipinski definition) is 2. The molecule has 0 spiro atoms. The molecule has 2 fully saturated rings. The minimum Gasteiger partial charge on any atom is -0.379 e. The van der Waals surface area contributed by atoms with Gasteiger partial charge in [0.1, 0.15) is 0 Å². The third-order valence-corrected chi connectivity index (χ3v) is 5.99. The lowest BCUT2D eigenvalue weighted by Gasteiger charge is -2.36. The SMILES string of the molecule is CNC1COCC1C(=O)NCC1(SC)CCCCC1. The van der Waals surface area contributed by atoms with Crippen LogP contribution in [0.4, 0.5) is 0 Å². The van der Waals surface area contributed by atoms with Crippen molar-refractivity contribution >= 4 is 17.7 Å². The minimum atomic E-state index is -0.0347. The van der Waals surface area contributed by atoms with Gasteiger partial charge in [0.2, 0.25) is 5.91 Å². The van der Waals surface area contributed by atoms with E-state index in [1.165, 1.54) is 32.1 Å². The summed E-state index contributed by atoms with van der Waals surface area (Å²) < 4.78 is 5.66. The number of thioether (sulfide) groups is 1. The fourth-order valence-electron chi connectivity index (χ4n) is 3.13. The quantitative estimate of drug-likeness (QED) is 0.802. The van der Waals surface area contributed by atoms with Crippen LogP contribution in [0.1, 0.15) is 32.1 Å². The van der Waals surface area contributed by atoms with Gasteiger partial charge in [-0.3, -0.25) is 4.79 Å². The molecule has 1 aliphatic carbocycles. The van der Waals surface area contributed by atoms with E-state index in [1.54, 1.807) is 0 Å². The first kappa shape index (κ1) is 15.1. The van der Waals surface area contributed by atoms with E-state index in [-0.39, 0.29) is 22.6 Å². The maximum absolute atomic E-state index is 12.3. The Bertz CT molecular complexity index is 306. The molecule has 1 heterocycles. The van der Waals surface area contributed by atoms with Gasteiger partial charge in [0.05, 0.1) is 19.1 Å². The molecule has 2 rings (SSSR count). The molecule has 0 bridgehead atoms. The van der Waals surface area contributed by atoms with Gasteiger partial charge in [0, 0.05) is 17.3 Å². The van der Waals surface area contributed by atoms with Crippen molar-refractivity contribution in [3.05, 3.63) is 0 Å². The number of likely N-dealkylation sites (N-methyl/N-ethyl adjacent to an activating group) is 1. The van der Waals surface area contributed by atoms with Crippen molar-refractivity contribution in [3.8, 4) is 0 Å². The molecule has 4 nitrogen and oxygen atoms in total. The summed E-state index contributed by atoms with van der Waals surface area (Å²) in [5, 5.41) is 6.34. The van der Waals surface area contributed by atoms with Crippen LogP contribution in [0.2, 0.25) is 0 Å². The molecular formula is C14H26N2O2S. The third kappa shape index (κ3) is 3.64. The van der Waals surface area contributed by atoms with Crippen molar-refractivity contribution in [1.82, 2.24) is 10.6 Å². The minimum absolute atomic E-state index is 0.0347. The first-order chi connectivity index (χ1) is 9.21. The molecule has 1 saturated carbocycles. The van der Waals surface area contributed by atoms with Crippen molar-refractivity contribution in [2.45, 2.75) is 42.9 Å². The van der Waals surface area contributed by atoms with E-state index in [0.29, 0.717) is 13.2 Å². The fraction of sp³-hybridized carbons (Fsp3) is 0.929. The Labute approximate surface area is 120 Å². The summed E-state index contributed by atoms with van der Waals surface area (Å²) in [4.78, 5) is 12.3. The summed E-state index contributed by atoms with van der Waals surface area (Å²) in [5.74, 6) is 0.114. The number of amides is 1. The summed E-state index contributed by atoms with van der Waals surface area (Å²) in [6.07, 6.45) is 8.56. The van der Waals surface area contributed by atoms with Gasteiger partial charge in [0.25, 0.3) is 0 Å². The molecule has 2 atom stereocenters. The molecule has 1 aliphatic heterocycles. The Balaban J connectivity index is 1.85. The van der Waals surface area contributed by atoms with E-state index >= 15 is 0 Å².